The van der Waals surface area contributed by atoms with Gasteiger partial charge < -0.3 is 10.3 Å². The predicted molar refractivity (Wildman–Crippen MR) is 27.1 cm³/mol. The van der Waals surface area contributed by atoms with Gasteiger partial charge in [0.1, 0.15) is 12.5 Å². The summed E-state index contributed by atoms with van der Waals surface area (Å²) in [5, 5.41) is 26.3. The molecule has 0 saturated heterocycles. The number of nitriles is 1. The summed E-state index contributed by atoms with van der Waals surface area (Å²) in [4.78, 5) is 9.78. The predicted octanol–water partition coefficient (Wildman–Crippen LogP) is -0.185. The van der Waals surface area contributed by atoms with Crippen LogP contribution in [-0.2, 0) is 4.79 Å². The summed E-state index contributed by atoms with van der Waals surface area (Å²) >= 11 is 0. The molecule has 0 heterocycles. The Hall–Kier alpha value is -1.57. The molecule has 0 bridgehead atoms. The fourth-order valence-electron chi connectivity index (χ4n) is 0.240. The van der Waals surface area contributed by atoms with Gasteiger partial charge in [0.25, 0.3) is 0 Å². The summed E-state index contributed by atoms with van der Waals surface area (Å²) < 4.78 is 0. The Morgan fingerprint density at radius 2 is 2.33 bits per heavy atom. The van der Waals surface area contributed by atoms with Crippen LogP contribution in [0.15, 0.2) is 5.16 Å². The molecule has 48 valence electrons. The molecule has 0 radical (unpaired) electrons. The Bertz CT molecular complexity index is 179. The molecule has 9 heavy (non-hydrogen) atoms. The summed E-state index contributed by atoms with van der Waals surface area (Å²) in [6.45, 7) is 0. The molecule has 0 unspecified atom stereocenters. The van der Waals surface area contributed by atoms with E-state index < -0.39 is 18.1 Å². The van der Waals surface area contributed by atoms with Gasteiger partial charge in [0.15, 0.2) is 5.71 Å². The minimum Gasteiger partial charge on any atom is -0.481 e. The summed E-state index contributed by atoms with van der Waals surface area (Å²) in [5.74, 6) is -1.19. The van der Waals surface area contributed by atoms with Crippen LogP contribution >= 0.6 is 0 Å². The normalized spacial score (nSPS) is 10.3. The molecule has 0 rings (SSSR count). The van der Waals surface area contributed by atoms with Crippen LogP contribution in [0.4, 0.5) is 0 Å². The molecule has 0 atom stereocenters. The smallest absolute Gasteiger partial charge is 0.310 e. The van der Waals surface area contributed by atoms with E-state index in [0.29, 0.717) is 0 Å². The number of carbonyl (C=O) groups is 1. The van der Waals surface area contributed by atoms with Crippen molar-refractivity contribution in [3.63, 3.8) is 0 Å². The third-order valence-electron chi connectivity index (χ3n) is 0.568. The molecule has 5 nitrogen and oxygen atoms in total. The molecule has 2 N–H and O–H groups in total. The van der Waals surface area contributed by atoms with E-state index in [1.165, 1.54) is 6.07 Å². The number of rotatable bonds is 2. The van der Waals surface area contributed by atoms with Gasteiger partial charge in [0.2, 0.25) is 0 Å². The van der Waals surface area contributed by atoms with Crippen LogP contribution < -0.4 is 0 Å². The molecule has 0 aromatic heterocycles. The molecule has 0 aliphatic heterocycles. The number of carboxylic acid groups (broad SMARTS) is 1. The highest BCUT2D eigenvalue weighted by atomic mass is 16.4. The van der Waals surface area contributed by atoms with Crippen LogP contribution in [-0.4, -0.2) is 22.0 Å². The topological polar surface area (TPSA) is 93.7 Å². The monoisotopic (exact) mass is 128 g/mol. The lowest BCUT2D eigenvalue weighted by Gasteiger charge is -1.84. The minimum atomic E-state index is -1.19. The number of hydrogen-bond donors (Lipinski definition) is 2. The molecular formula is C4H4N2O3. The Morgan fingerprint density at radius 3 is 2.44 bits per heavy atom. The van der Waals surface area contributed by atoms with Crippen molar-refractivity contribution in [3.05, 3.63) is 0 Å². The quantitative estimate of drug-likeness (QED) is 0.306. The molecule has 0 aliphatic carbocycles. The molecular weight excluding hydrogens is 124 g/mol. The molecule has 0 amide bonds. The van der Waals surface area contributed by atoms with Gasteiger partial charge >= 0.3 is 5.97 Å². The average molecular weight is 128 g/mol. The first-order valence-electron chi connectivity index (χ1n) is 2.03. The van der Waals surface area contributed by atoms with E-state index in [1.807, 2.05) is 0 Å². The van der Waals surface area contributed by atoms with Crippen molar-refractivity contribution >= 4 is 11.7 Å². The lowest BCUT2D eigenvalue weighted by atomic mass is 10.3. The molecule has 0 aromatic rings. The summed E-state index contributed by atoms with van der Waals surface area (Å²) in [6.07, 6.45) is -0.535. The van der Waals surface area contributed by atoms with Crippen molar-refractivity contribution in [1.82, 2.24) is 0 Å². The van der Waals surface area contributed by atoms with Gasteiger partial charge in [0, 0.05) is 0 Å². The van der Waals surface area contributed by atoms with Crippen molar-refractivity contribution in [2.24, 2.45) is 5.16 Å². The molecule has 5 heteroatoms. The van der Waals surface area contributed by atoms with Crippen LogP contribution in [0, 0.1) is 11.3 Å². The van der Waals surface area contributed by atoms with E-state index in [0.717, 1.165) is 0 Å². The average Bonchev–Trinajstić information content (AvgIpc) is 1.82. The van der Waals surface area contributed by atoms with Gasteiger partial charge in [-0.2, -0.15) is 5.26 Å². The Kier molecular flexibility index (Phi) is 2.84. The van der Waals surface area contributed by atoms with Gasteiger partial charge in [-0.05, 0) is 0 Å². The highest BCUT2D eigenvalue weighted by Crippen LogP contribution is 1.82. The lowest BCUT2D eigenvalue weighted by molar-refractivity contribution is -0.135. The Balaban J connectivity index is 3.91. The highest BCUT2D eigenvalue weighted by molar-refractivity contribution is 6.07. The van der Waals surface area contributed by atoms with Crippen LogP contribution in [0.5, 0.6) is 0 Å². The van der Waals surface area contributed by atoms with Gasteiger partial charge in [-0.15, -0.1) is 0 Å². The first-order chi connectivity index (χ1) is 4.20. The number of oxime groups is 1. The van der Waals surface area contributed by atoms with Crippen LogP contribution in [0.2, 0.25) is 0 Å². The van der Waals surface area contributed by atoms with E-state index in [9.17, 15) is 4.79 Å². The number of aliphatic carboxylic acids is 1. The summed E-state index contributed by atoms with van der Waals surface area (Å²) in [7, 11) is 0. The molecule has 0 aliphatic rings. The third kappa shape index (κ3) is 3.05. The molecule has 0 saturated carbocycles. The standard InChI is InChI=1S/C4H4N2O3/c5-2-3(6-9)1-4(7)8/h9H,1H2,(H,7,8)/b6-3+. The largest absolute Gasteiger partial charge is 0.481 e. The second-order valence-corrected chi connectivity index (χ2v) is 1.23. The fourth-order valence-corrected chi connectivity index (χ4v) is 0.240. The lowest BCUT2D eigenvalue weighted by Crippen LogP contribution is -2.03. The van der Waals surface area contributed by atoms with Gasteiger partial charge in [0.05, 0.1) is 0 Å². The number of hydrogen-bond acceptors (Lipinski definition) is 4. The second-order valence-electron chi connectivity index (χ2n) is 1.23. The van der Waals surface area contributed by atoms with Crippen molar-refractivity contribution in [2.75, 3.05) is 0 Å². The van der Waals surface area contributed by atoms with Gasteiger partial charge in [-0.1, -0.05) is 5.16 Å². The van der Waals surface area contributed by atoms with E-state index >= 15 is 0 Å². The maximum absolute atomic E-state index is 9.78. The molecule has 0 aromatic carbocycles. The zero-order chi connectivity index (χ0) is 7.28. The third-order valence-corrected chi connectivity index (χ3v) is 0.568. The minimum absolute atomic E-state index is 0.400. The summed E-state index contributed by atoms with van der Waals surface area (Å²) in [6, 6.07) is 1.40. The van der Waals surface area contributed by atoms with Crippen LogP contribution in [0.1, 0.15) is 6.42 Å². The Morgan fingerprint density at radius 1 is 1.78 bits per heavy atom. The zero-order valence-electron chi connectivity index (χ0n) is 4.40. The van der Waals surface area contributed by atoms with E-state index in [2.05, 4.69) is 5.16 Å². The molecule has 0 spiro atoms. The van der Waals surface area contributed by atoms with Gasteiger partial charge in [-0.25, -0.2) is 0 Å². The fraction of sp³-hybridized carbons (Fsp3) is 0.250. The maximum Gasteiger partial charge on any atom is 0.310 e. The van der Waals surface area contributed by atoms with Crippen LogP contribution in [0.25, 0.3) is 0 Å². The second kappa shape index (κ2) is 3.43. The number of carboxylic acids is 1. The van der Waals surface area contributed by atoms with Crippen molar-refractivity contribution in [1.29, 1.82) is 5.26 Å². The van der Waals surface area contributed by atoms with Crippen molar-refractivity contribution in [2.45, 2.75) is 6.42 Å². The van der Waals surface area contributed by atoms with E-state index in [4.69, 9.17) is 15.6 Å². The van der Waals surface area contributed by atoms with E-state index in [1.54, 1.807) is 0 Å². The Labute approximate surface area is 50.8 Å². The SMILES string of the molecule is N#C/C(CC(=O)O)=N/O. The van der Waals surface area contributed by atoms with Crippen LogP contribution in [0.3, 0.4) is 0 Å². The van der Waals surface area contributed by atoms with Crippen molar-refractivity contribution in [3.8, 4) is 6.07 Å². The van der Waals surface area contributed by atoms with E-state index in [-0.39, 0.29) is 0 Å². The van der Waals surface area contributed by atoms with Crippen molar-refractivity contribution < 1.29 is 15.1 Å². The summed E-state index contributed by atoms with van der Waals surface area (Å²) in [5.41, 5.74) is -0.400. The highest BCUT2D eigenvalue weighted by Gasteiger charge is 2.03. The zero-order valence-corrected chi connectivity index (χ0v) is 4.40. The first kappa shape index (κ1) is 7.43. The molecule has 0 fully saturated rings. The first-order valence-corrected chi connectivity index (χ1v) is 2.03. The number of nitrogens with zero attached hydrogens (tertiary/aromatic N) is 2. The van der Waals surface area contributed by atoms with Gasteiger partial charge in [-0.3, -0.25) is 4.79 Å². The maximum atomic E-state index is 9.78.